The lowest BCUT2D eigenvalue weighted by atomic mass is 9.80. The van der Waals surface area contributed by atoms with Gasteiger partial charge >= 0.3 is 0 Å². The number of para-hydroxylation sites is 1. The largest absolute Gasteiger partial charge is 0.328 e. The van der Waals surface area contributed by atoms with E-state index in [2.05, 4.69) is 157 Å². The van der Waals surface area contributed by atoms with Crippen molar-refractivity contribution in [2.24, 2.45) is 5.92 Å². The molecule has 0 radical (unpaired) electrons. The van der Waals surface area contributed by atoms with Crippen LogP contribution < -0.4 is 0 Å². The van der Waals surface area contributed by atoms with Crippen LogP contribution in [0.15, 0.2) is 139 Å². The van der Waals surface area contributed by atoms with Crippen LogP contribution >= 0.6 is 0 Å². The monoisotopic (exact) mass is 554 g/mol. The zero-order valence-electron chi connectivity index (χ0n) is 24.7. The van der Waals surface area contributed by atoms with Gasteiger partial charge in [-0.3, -0.25) is 0 Å². The van der Waals surface area contributed by atoms with Gasteiger partial charge in [-0.2, -0.15) is 0 Å². The van der Waals surface area contributed by atoms with E-state index in [4.69, 9.17) is 0 Å². The normalized spacial score (nSPS) is 22.7. The molecule has 3 aliphatic rings. The number of hydrogen-bond acceptors (Lipinski definition) is 0. The summed E-state index contributed by atoms with van der Waals surface area (Å²) in [5.41, 5.74) is 12.1. The summed E-state index contributed by atoms with van der Waals surface area (Å²) in [4.78, 5) is 0. The second kappa shape index (κ2) is 9.09. The van der Waals surface area contributed by atoms with Gasteiger partial charge in [-0.1, -0.05) is 115 Å². The lowest BCUT2D eigenvalue weighted by Crippen LogP contribution is -2.18. The van der Waals surface area contributed by atoms with Crippen LogP contribution in [0, 0.1) is 12.8 Å². The first-order valence-corrected chi connectivity index (χ1v) is 15.6. The third kappa shape index (κ3) is 3.47. The van der Waals surface area contributed by atoms with Crippen molar-refractivity contribution >= 4 is 38.3 Å². The molecule has 9 rings (SSSR count). The molecule has 0 N–H and O–H groups in total. The molecule has 0 aliphatic heterocycles. The Kier molecular flexibility index (Phi) is 5.23. The van der Waals surface area contributed by atoms with Crippen molar-refractivity contribution in [1.82, 2.24) is 9.13 Å². The van der Waals surface area contributed by atoms with E-state index in [0.717, 1.165) is 12.8 Å². The molecule has 0 bridgehead atoms. The van der Waals surface area contributed by atoms with Crippen LogP contribution in [-0.2, 0) is 5.54 Å². The average molecular weight is 555 g/mol. The minimum atomic E-state index is 0.0116. The first kappa shape index (κ1) is 24.7. The summed E-state index contributed by atoms with van der Waals surface area (Å²) >= 11 is 0. The van der Waals surface area contributed by atoms with Crippen molar-refractivity contribution in [3.05, 3.63) is 156 Å². The fraction of sp³-hybridized carbons (Fsp3) is 0.171. The maximum Gasteiger partial charge on any atom is 0.0774 e. The Labute approximate surface area is 252 Å². The zero-order chi connectivity index (χ0) is 28.7. The van der Waals surface area contributed by atoms with Crippen molar-refractivity contribution in [3.63, 3.8) is 0 Å². The molecular formula is C41H34N2. The summed E-state index contributed by atoms with van der Waals surface area (Å²) in [6.07, 6.45) is 18.5. The fourth-order valence-corrected chi connectivity index (χ4v) is 8.15. The van der Waals surface area contributed by atoms with Crippen molar-refractivity contribution in [3.8, 4) is 5.69 Å². The van der Waals surface area contributed by atoms with Gasteiger partial charge < -0.3 is 9.13 Å². The standard InChI is InChI=1S/C41H34N2/c1-27-32(29-12-4-3-5-13-29)16-10-17-33(27)34-18-11-20-37(28(34)2)42-25-23-30-21-22-36-35-15-6-7-19-38(35)43(40(36)39(30)42)41-24-9-8-14-31(41)26-41/h3-15,17-25,31-32H,16,26H2,1-2H3/t31-,32?,41-/m0/s1. The third-order valence-electron chi connectivity index (χ3n) is 10.4. The van der Waals surface area contributed by atoms with Crippen LogP contribution in [0.3, 0.4) is 0 Å². The molecule has 0 saturated heterocycles. The van der Waals surface area contributed by atoms with Crippen molar-refractivity contribution in [2.45, 2.75) is 38.1 Å². The zero-order valence-corrected chi connectivity index (χ0v) is 24.7. The highest BCUT2D eigenvalue weighted by Gasteiger charge is 2.54. The summed E-state index contributed by atoms with van der Waals surface area (Å²) in [6.45, 7) is 4.63. The number of allylic oxidation sites excluding steroid dienone is 8. The summed E-state index contributed by atoms with van der Waals surface area (Å²) < 4.78 is 5.13. The Morgan fingerprint density at radius 2 is 1.63 bits per heavy atom. The fourth-order valence-electron chi connectivity index (χ4n) is 8.15. The van der Waals surface area contributed by atoms with Crippen molar-refractivity contribution in [1.29, 1.82) is 0 Å². The first-order valence-electron chi connectivity index (χ1n) is 15.6. The molecule has 0 spiro atoms. The number of benzene rings is 4. The van der Waals surface area contributed by atoms with Crippen LogP contribution in [-0.4, -0.2) is 9.13 Å². The van der Waals surface area contributed by atoms with Gasteiger partial charge in [0.05, 0.1) is 16.6 Å². The number of hydrogen-bond donors (Lipinski definition) is 0. The van der Waals surface area contributed by atoms with Gasteiger partial charge in [-0.25, -0.2) is 0 Å². The van der Waals surface area contributed by atoms with Gasteiger partial charge in [-0.15, -0.1) is 0 Å². The molecule has 1 fully saturated rings. The molecule has 0 amide bonds. The van der Waals surface area contributed by atoms with E-state index >= 15 is 0 Å². The molecule has 4 aromatic carbocycles. The Bertz CT molecular complexity index is 2210. The second-order valence-corrected chi connectivity index (χ2v) is 12.6. The van der Waals surface area contributed by atoms with Gasteiger partial charge in [0.25, 0.3) is 0 Å². The molecule has 1 unspecified atom stereocenters. The Hall–Kier alpha value is -4.82. The summed E-state index contributed by atoms with van der Waals surface area (Å²) in [5, 5.41) is 3.95. The molecule has 6 aromatic rings. The molecule has 43 heavy (non-hydrogen) atoms. The topological polar surface area (TPSA) is 9.86 Å². The highest BCUT2D eigenvalue weighted by Crippen LogP contribution is 2.57. The summed E-state index contributed by atoms with van der Waals surface area (Å²) in [5.74, 6) is 0.959. The maximum atomic E-state index is 2.67. The van der Waals surface area contributed by atoms with Gasteiger partial charge in [0.1, 0.15) is 0 Å². The third-order valence-corrected chi connectivity index (χ3v) is 10.4. The van der Waals surface area contributed by atoms with Gasteiger partial charge in [0.2, 0.25) is 0 Å². The van der Waals surface area contributed by atoms with Crippen LogP contribution in [0.5, 0.6) is 0 Å². The van der Waals surface area contributed by atoms with Gasteiger partial charge in [0, 0.05) is 45.4 Å². The molecule has 1 saturated carbocycles. The number of fused-ring (bicyclic) bond motifs is 6. The molecule has 2 heteroatoms. The Morgan fingerprint density at radius 1 is 0.767 bits per heavy atom. The minimum Gasteiger partial charge on any atom is -0.328 e. The summed E-state index contributed by atoms with van der Waals surface area (Å²) in [7, 11) is 0. The Morgan fingerprint density at radius 3 is 2.51 bits per heavy atom. The van der Waals surface area contributed by atoms with Crippen LogP contribution in [0.1, 0.15) is 42.4 Å². The summed E-state index contributed by atoms with van der Waals surface area (Å²) in [6, 6.07) is 33.7. The molecule has 3 atom stereocenters. The highest BCUT2D eigenvalue weighted by molar-refractivity contribution is 6.17. The predicted octanol–water partition coefficient (Wildman–Crippen LogP) is 10.4. The van der Waals surface area contributed by atoms with E-state index in [1.807, 2.05) is 0 Å². The van der Waals surface area contributed by atoms with Crippen LogP contribution in [0.2, 0.25) is 0 Å². The van der Waals surface area contributed by atoms with Crippen molar-refractivity contribution in [2.75, 3.05) is 0 Å². The predicted molar refractivity (Wildman–Crippen MR) is 181 cm³/mol. The highest BCUT2D eigenvalue weighted by atomic mass is 15.1. The maximum absolute atomic E-state index is 2.67. The second-order valence-electron chi connectivity index (χ2n) is 12.6. The number of rotatable bonds is 4. The minimum absolute atomic E-state index is 0.0116. The molecule has 2 heterocycles. The van der Waals surface area contributed by atoms with E-state index < -0.39 is 0 Å². The van der Waals surface area contributed by atoms with Gasteiger partial charge in [-0.05, 0) is 67.2 Å². The van der Waals surface area contributed by atoms with E-state index in [1.54, 1.807) is 0 Å². The SMILES string of the molecule is CC1=C(c2cccc(-n3ccc4ccc5c6ccccc6n([C@]67C=CC=C[C@H]6C7)c5c43)c2C)C=CCC1c1ccccc1. The molecule has 3 aliphatic carbocycles. The smallest absolute Gasteiger partial charge is 0.0774 e. The lowest BCUT2D eigenvalue weighted by molar-refractivity contribution is 0.602. The number of nitrogens with zero attached hydrogens (tertiary/aromatic N) is 2. The number of aromatic nitrogens is 2. The lowest BCUT2D eigenvalue weighted by Gasteiger charge is -2.25. The first-order chi connectivity index (χ1) is 21.2. The quantitative estimate of drug-likeness (QED) is 0.205. The Balaban J connectivity index is 1.28. The van der Waals surface area contributed by atoms with Crippen LogP contribution in [0.4, 0.5) is 0 Å². The van der Waals surface area contributed by atoms with E-state index in [1.165, 1.54) is 66.2 Å². The molecular weight excluding hydrogens is 520 g/mol. The average Bonchev–Trinajstić information content (AvgIpc) is 3.47. The molecule has 2 aromatic heterocycles. The van der Waals surface area contributed by atoms with Crippen molar-refractivity contribution < 1.29 is 0 Å². The van der Waals surface area contributed by atoms with Gasteiger partial charge in [0.15, 0.2) is 0 Å². The van der Waals surface area contributed by atoms with Crippen LogP contribution in [0.25, 0.3) is 44.0 Å². The van der Waals surface area contributed by atoms with E-state index in [-0.39, 0.29) is 5.54 Å². The van der Waals surface area contributed by atoms with E-state index in [0.29, 0.717) is 11.8 Å². The molecule has 208 valence electrons. The molecule has 2 nitrogen and oxygen atoms in total. The van der Waals surface area contributed by atoms with E-state index in [9.17, 15) is 0 Å².